The molecule has 7 nitrogen and oxygen atoms in total. The molecule has 2 N–H and O–H groups in total. The number of urea groups is 1. The minimum absolute atomic E-state index is 0.0211. The van der Waals surface area contributed by atoms with Gasteiger partial charge in [-0.05, 0) is 50.2 Å². The van der Waals surface area contributed by atoms with E-state index in [4.69, 9.17) is 9.47 Å². The van der Waals surface area contributed by atoms with E-state index in [0.29, 0.717) is 13.2 Å². The quantitative estimate of drug-likeness (QED) is 0.737. The Kier molecular flexibility index (Phi) is 6.57. The Morgan fingerprint density at radius 2 is 2.12 bits per heavy atom. The van der Waals surface area contributed by atoms with Gasteiger partial charge in [-0.25, -0.2) is 4.79 Å². The van der Waals surface area contributed by atoms with E-state index in [1.54, 1.807) is 7.11 Å². The normalized spacial score (nSPS) is 20.8. The summed E-state index contributed by atoms with van der Waals surface area (Å²) in [6.45, 7) is 6.71. The lowest BCUT2D eigenvalue weighted by Crippen LogP contribution is -2.48. The number of methoxy groups -OCH3 is 1. The zero-order valence-electron chi connectivity index (χ0n) is 15.8. The Balaban J connectivity index is 1.35. The van der Waals surface area contributed by atoms with Crippen LogP contribution in [-0.4, -0.2) is 81.9 Å². The highest BCUT2D eigenvalue weighted by Gasteiger charge is 2.22. The van der Waals surface area contributed by atoms with Crippen molar-refractivity contribution in [3.8, 4) is 11.5 Å². The van der Waals surface area contributed by atoms with Crippen LogP contribution in [0, 0.1) is 0 Å². The van der Waals surface area contributed by atoms with Gasteiger partial charge in [0.25, 0.3) is 0 Å². The molecule has 0 aliphatic carbocycles. The second-order valence-electron chi connectivity index (χ2n) is 7.08. The lowest BCUT2D eigenvalue weighted by Gasteiger charge is -2.32. The van der Waals surface area contributed by atoms with Crippen LogP contribution in [0.2, 0.25) is 0 Å². The Bertz CT molecular complexity index is 602. The first kappa shape index (κ1) is 18.8. The van der Waals surface area contributed by atoms with Crippen LogP contribution in [0.4, 0.5) is 4.79 Å². The van der Waals surface area contributed by atoms with Crippen molar-refractivity contribution < 1.29 is 14.3 Å². The first-order valence-electron chi connectivity index (χ1n) is 9.39. The van der Waals surface area contributed by atoms with Gasteiger partial charge in [0.05, 0.1) is 13.2 Å². The summed E-state index contributed by atoms with van der Waals surface area (Å²) in [5, 5.41) is 5.96. The third-order valence-electron chi connectivity index (χ3n) is 5.04. The first-order chi connectivity index (χ1) is 12.6. The molecule has 2 amide bonds. The van der Waals surface area contributed by atoms with Crippen LogP contribution in [0.1, 0.15) is 12.0 Å². The highest BCUT2D eigenvalue weighted by molar-refractivity contribution is 5.74. The van der Waals surface area contributed by atoms with E-state index in [1.807, 2.05) is 18.2 Å². The number of carbonyl (C=O) groups is 1. The highest BCUT2D eigenvalue weighted by Crippen LogP contribution is 2.28. The van der Waals surface area contributed by atoms with Crippen molar-refractivity contribution in [1.29, 1.82) is 0 Å². The molecule has 0 radical (unpaired) electrons. The molecule has 0 aromatic heterocycles. The topological polar surface area (TPSA) is 66.1 Å². The summed E-state index contributed by atoms with van der Waals surface area (Å²) in [4.78, 5) is 16.9. The van der Waals surface area contributed by atoms with Crippen LogP contribution in [-0.2, 0) is 6.42 Å². The van der Waals surface area contributed by atoms with E-state index in [-0.39, 0.29) is 12.1 Å². The molecule has 1 aromatic carbocycles. The molecule has 0 saturated carbocycles. The zero-order chi connectivity index (χ0) is 18.4. The van der Waals surface area contributed by atoms with E-state index < -0.39 is 0 Å². The summed E-state index contributed by atoms with van der Waals surface area (Å²) in [6, 6.07) is 5.63. The van der Waals surface area contributed by atoms with Crippen LogP contribution in [0.5, 0.6) is 11.5 Å². The number of fused-ring (bicyclic) bond motifs is 1. The van der Waals surface area contributed by atoms with E-state index in [9.17, 15) is 4.79 Å². The van der Waals surface area contributed by atoms with Crippen molar-refractivity contribution in [3.63, 3.8) is 0 Å². The smallest absolute Gasteiger partial charge is 0.315 e. The molecule has 1 atom stereocenters. The second kappa shape index (κ2) is 9.09. The summed E-state index contributed by atoms with van der Waals surface area (Å²) < 4.78 is 11.0. The van der Waals surface area contributed by atoms with Gasteiger partial charge in [0.2, 0.25) is 0 Å². The largest absolute Gasteiger partial charge is 0.497 e. The fourth-order valence-corrected chi connectivity index (χ4v) is 3.40. The van der Waals surface area contributed by atoms with E-state index in [2.05, 4.69) is 27.5 Å². The Morgan fingerprint density at radius 3 is 2.88 bits per heavy atom. The molecule has 144 valence electrons. The van der Waals surface area contributed by atoms with Crippen molar-refractivity contribution >= 4 is 6.03 Å². The van der Waals surface area contributed by atoms with Crippen LogP contribution < -0.4 is 20.1 Å². The molecule has 26 heavy (non-hydrogen) atoms. The fourth-order valence-electron chi connectivity index (χ4n) is 3.40. The molecule has 1 aromatic rings. The molecule has 0 spiro atoms. The Morgan fingerprint density at radius 1 is 1.31 bits per heavy atom. The molecule has 2 aliphatic heterocycles. The van der Waals surface area contributed by atoms with Gasteiger partial charge in [-0.2, -0.15) is 0 Å². The minimum atomic E-state index is -0.122. The van der Waals surface area contributed by atoms with Crippen LogP contribution in [0.25, 0.3) is 0 Å². The van der Waals surface area contributed by atoms with Gasteiger partial charge < -0.3 is 29.9 Å². The Hall–Kier alpha value is -1.99. The van der Waals surface area contributed by atoms with Crippen LogP contribution in [0.3, 0.4) is 0 Å². The molecule has 7 heteroatoms. The number of piperazine rings is 1. The summed E-state index contributed by atoms with van der Waals surface area (Å²) in [5.74, 6) is 1.68. The predicted octanol–water partition coefficient (Wildman–Crippen LogP) is 0.935. The molecule has 1 saturated heterocycles. The predicted molar refractivity (Wildman–Crippen MR) is 101 cm³/mol. The number of amides is 2. The zero-order valence-corrected chi connectivity index (χ0v) is 15.8. The highest BCUT2D eigenvalue weighted by atomic mass is 16.5. The van der Waals surface area contributed by atoms with Crippen LogP contribution >= 0.6 is 0 Å². The van der Waals surface area contributed by atoms with Crippen molar-refractivity contribution in [3.05, 3.63) is 23.8 Å². The number of nitrogens with zero attached hydrogens (tertiary/aromatic N) is 2. The molecule has 0 bridgehead atoms. The summed E-state index contributed by atoms with van der Waals surface area (Å²) in [7, 11) is 3.81. The van der Waals surface area contributed by atoms with Gasteiger partial charge in [0.1, 0.15) is 18.1 Å². The van der Waals surface area contributed by atoms with E-state index in [1.165, 1.54) is 0 Å². The van der Waals surface area contributed by atoms with Gasteiger partial charge >= 0.3 is 6.03 Å². The number of hydrogen-bond acceptors (Lipinski definition) is 5. The molecule has 3 rings (SSSR count). The van der Waals surface area contributed by atoms with Gasteiger partial charge in [-0.3, -0.25) is 0 Å². The van der Waals surface area contributed by atoms with E-state index >= 15 is 0 Å². The lowest BCUT2D eigenvalue weighted by atomic mass is 10.0. The third-order valence-corrected chi connectivity index (χ3v) is 5.04. The van der Waals surface area contributed by atoms with Crippen molar-refractivity contribution in [2.75, 3.05) is 60.0 Å². The minimum Gasteiger partial charge on any atom is -0.497 e. The number of benzene rings is 1. The number of rotatable bonds is 6. The van der Waals surface area contributed by atoms with Crippen molar-refractivity contribution in [1.82, 2.24) is 20.4 Å². The molecule has 2 aliphatic rings. The summed E-state index contributed by atoms with van der Waals surface area (Å²) >= 11 is 0. The molecular formula is C19H30N4O3. The molecular weight excluding hydrogens is 332 g/mol. The molecule has 0 unspecified atom stereocenters. The monoisotopic (exact) mass is 362 g/mol. The van der Waals surface area contributed by atoms with Gasteiger partial charge in [0.15, 0.2) is 0 Å². The van der Waals surface area contributed by atoms with Gasteiger partial charge in [-0.1, -0.05) is 0 Å². The fraction of sp³-hybridized carbons (Fsp3) is 0.632. The number of ether oxygens (including phenoxy) is 2. The average Bonchev–Trinajstić information content (AvgIpc) is 2.66. The maximum atomic E-state index is 12.1. The maximum Gasteiger partial charge on any atom is 0.315 e. The standard InChI is InChI=1S/C19H30N4O3/c1-22-8-10-23(11-9-22)7-3-6-20-19(24)21-16-12-15-13-17(25-2)4-5-18(15)26-14-16/h4-5,13,16H,3,6-12,14H2,1-2H3,(H2,20,21,24)/t16-/m1/s1. The van der Waals surface area contributed by atoms with Gasteiger partial charge in [0, 0.05) is 32.7 Å². The molecule has 2 heterocycles. The third kappa shape index (κ3) is 5.25. The van der Waals surface area contributed by atoms with Crippen molar-refractivity contribution in [2.45, 2.75) is 18.9 Å². The van der Waals surface area contributed by atoms with Crippen LogP contribution in [0.15, 0.2) is 18.2 Å². The summed E-state index contributed by atoms with van der Waals surface area (Å²) in [5.41, 5.74) is 1.07. The summed E-state index contributed by atoms with van der Waals surface area (Å²) in [6.07, 6.45) is 1.72. The number of nitrogens with one attached hydrogen (secondary N) is 2. The van der Waals surface area contributed by atoms with E-state index in [0.717, 1.165) is 62.6 Å². The maximum absolute atomic E-state index is 12.1. The number of likely N-dealkylation sites (N-methyl/N-ethyl adjacent to an activating group) is 1. The Labute approximate surface area is 155 Å². The lowest BCUT2D eigenvalue weighted by molar-refractivity contribution is 0.152. The number of carbonyl (C=O) groups excluding carboxylic acids is 1. The van der Waals surface area contributed by atoms with Crippen molar-refractivity contribution in [2.24, 2.45) is 0 Å². The van der Waals surface area contributed by atoms with Gasteiger partial charge in [-0.15, -0.1) is 0 Å². The molecule has 1 fully saturated rings. The number of hydrogen-bond donors (Lipinski definition) is 2. The second-order valence-corrected chi connectivity index (χ2v) is 7.08. The first-order valence-corrected chi connectivity index (χ1v) is 9.39. The average molecular weight is 362 g/mol. The SMILES string of the molecule is COc1ccc2c(c1)C[C@@H](NC(=O)NCCCN1CCN(C)CC1)CO2.